The molecule has 0 aliphatic carbocycles. The van der Waals surface area contributed by atoms with Gasteiger partial charge in [-0.1, -0.05) is 13.8 Å². The first-order valence-electron chi connectivity index (χ1n) is 5.16. The van der Waals surface area contributed by atoms with Crippen molar-refractivity contribution in [2.24, 2.45) is 5.92 Å². The Bertz CT molecular complexity index is 96.9. The van der Waals surface area contributed by atoms with E-state index in [4.69, 9.17) is 9.84 Å². The van der Waals surface area contributed by atoms with E-state index in [2.05, 4.69) is 19.2 Å². The zero-order valence-corrected chi connectivity index (χ0v) is 8.88. The zero-order chi connectivity index (χ0) is 9.94. The highest BCUT2D eigenvalue weighted by molar-refractivity contribution is 4.46. The van der Waals surface area contributed by atoms with Gasteiger partial charge >= 0.3 is 0 Å². The quantitative estimate of drug-likeness (QED) is 0.532. The van der Waals surface area contributed by atoms with Crippen LogP contribution in [0.1, 0.15) is 26.7 Å². The predicted octanol–water partition coefficient (Wildman–Crippen LogP) is 1.02. The van der Waals surface area contributed by atoms with Gasteiger partial charge in [-0.15, -0.1) is 0 Å². The van der Waals surface area contributed by atoms with Gasteiger partial charge in [-0.2, -0.15) is 0 Å². The molecule has 3 heteroatoms. The Labute approximate surface area is 81.5 Å². The molecule has 0 saturated heterocycles. The molecule has 0 rings (SSSR count). The highest BCUT2D eigenvalue weighted by Gasteiger charge is 1.93. The zero-order valence-electron chi connectivity index (χ0n) is 8.88. The fourth-order valence-electron chi connectivity index (χ4n) is 0.924. The van der Waals surface area contributed by atoms with Crippen LogP contribution in [0.2, 0.25) is 0 Å². The van der Waals surface area contributed by atoms with Crippen molar-refractivity contribution in [3.8, 4) is 0 Å². The highest BCUT2D eigenvalue weighted by atomic mass is 16.5. The number of aliphatic hydroxyl groups excluding tert-OH is 1. The minimum absolute atomic E-state index is 0.216. The fraction of sp³-hybridized carbons (Fsp3) is 1.00. The second-order valence-electron chi connectivity index (χ2n) is 3.62. The van der Waals surface area contributed by atoms with Crippen LogP contribution >= 0.6 is 0 Å². The third-order valence-corrected chi connectivity index (χ3v) is 1.77. The SMILES string of the molecule is CC(C)CCOCCCNCCO. The van der Waals surface area contributed by atoms with Crippen molar-refractivity contribution < 1.29 is 9.84 Å². The molecule has 0 aromatic rings. The molecule has 0 saturated carbocycles. The first-order chi connectivity index (χ1) is 6.27. The van der Waals surface area contributed by atoms with E-state index in [1.165, 1.54) is 0 Å². The summed E-state index contributed by atoms with van der Waals surface area (Å²) in [7, 11) is 0. The minimum atomic E-state index is 0.216. The van der Waals surface area contributed by atoms with E-state index in [0.29, 0.717) is 6.54 Å². The third-order valence-electron chi connectivity index (χ3n) is 1.77. The first kappa shape index (κ1) is 12.9. The predicted molar refractivity (Wildman–Crippen MR) is 54.8 cm³/mol. The number of nitrogens with one attached hydrogen (secondary N) is 1. The van der Waals surface area contributed by atoms with Gasteiger partial charge in [0.25, 0.3) is 0 Å². The lowest BCUT2D eigenvalue weighted by atomic mass is 10.1. The van der Waals surface area contributed by atoms with Crippen molar-refractivity contribution in [1.82, 2.24) is 5.32 Å². The van der Waals surface area contributed by atoms with Gasteiger partial charge in [0, 0.05) is 19.8 Å². The molecule has 0 radical (unpaired) electrons. The van der Waals surface area contributed by atoms with Crippen LogP contribution in [0.4, 0.5) is 0 Å². The maximum Gasteiger partial charge on any atom is 0.0555 e. The monoisotopic (exact) mass is 189 g/mol. The van der Waals surface area contributed by atoms with Gasteiger partial charge in [-0.25, -0.2) is 0 Å². The van der Waals surface area contributed by atoms with Gasteiger partial charge < -0.3 is 15.2 Å². The van der Waals surface area contributed by atoms with E-state index in [1.54, 1.807) is 0 Å². The molecule has 0 bridgehead atoms. The van der Waals surface area contributed by atoms with Gasteiger partial charge in [-0.3, -0.25) is 0 Å². The molecule has 0 fully saturated rings. The summed E-state index contributed by atoms with van der Waals surface area (Å²) < 4.78 is 5.42. The van der Waals surface area contributed by atoms with Crippen molar-refractivity contribution in [1.29, 1.82) is 0 Å². The summed E-state index contributed by atoms with van der Waals surface area (Å²) in [6, 6.07) is 0. The number of aliphatic hydroxyl groups is 1. The molecule has 0 aliphatic heterocycles. The van der Waals surface area contributed by atoms with E-state index < -0.39 is 0 Å². The molecule has 0 aliphatic rings. The Morgan fingerprint density at radius 1 is 1.23 bits per heavy atom. The maximum absolute atomic E-state index is 8.47. The maximum atomic E-state index is 8.47. The topological polar surface area (TPSA) is 41.5 Å². The van der Waals surface area contributed by atoms with Gasteiger partial charge in [0.15, 0.2) is 0 Å². The molecule has 0 spiro atoms. The summed E-state index contributed by atoms with van der Waals surface area (Å²) in [5.41, 5.74) is 0. The molecule has 2 N–H and O–H groups in total. The van der Waals surface area contributed by atoms with Crippen LogP contribution in [0.15, 0.2) is 0 Å². The molecule has 13 heavy (non-hydrogen) atoms. The summed E-state index contributed by atoms with van der Waals surface area (Å²) in [4.78, 5) is 0. The largest absolute Gasteiger partial charge is 0.395 e. The molecule has 3 nitrogen and oxygen atoms in total. The molecule has 0 aromatic carbocycles. The Balaban J connectivity index is 2.84. The van der Waals surface area contributed by atoms with Crippen LogP contribution in [0.5, 0.6) is 0 Å². The van der Waals surface area contributed by atoms with Crippen LogP contribution in [-0.4, -0.2) is 38.0 Å². The molecular formula is C10H23NO2. The number of hydrogen-bond acceptors (Lipinski definition) is 3. The molecule has 0 atom stereocenters. The molecule has 0 aromatic heterocycles. The van der Waals surface area contributed by atoms with Crippen molar-refractivity contribution in [3.63, 3.8) is 0 Å². The van der Waals surface area contributed by atoms with E-state index in [0.717, 1.165) is 38.5 Å². The Hall–Kier alpha value is -0.120. The summed E-state index contributed by atoms with van der Waals surface area (Å²) in [5.74, 6) is 0.729. The third kappa shape index (κ3) is 11.9. The second kappa shape index (κ2) is 9.96. The molecule has 0 heterocycles. The summed E-state index contributed by atoms with van der Waals surface area (Å²) in [5, 5.41) is 11.6. The summed E-state index contributed by atoms with van der Waals surface area (Å²) in [6.45, 7) is 7.93. The lowest BCUT2D eigenvalue weighted by Gasteiger charge is -2.06. The average molecular weight is 189 g/mol. The normalized spacial score (nSPS) is 11.1. The van der Waals surface area contributed by atoms with E-state index in [-0.39, 0.29) is 6.61 Å². The lowest BCUT2D eigenvalue weighted by molar-refractivity contribution is 0.121. The number of rotatable bonds is 9. The first-order valence-corrected chi connectivity index (χ1v) is 5.16. The Morgan fingerprint density at radius 2 is 2.00 bits per heavy atom. The van der Waals surface area contributed by atoms with Gasteiger partial charge in [0.05, 0.1) is 6.61 Å². The smallest absolute Gasteiger partial charge is 0.0555 e. The van der Waals surface area contributed by atoms with Gasteiger partial charge in [0.1, 0.15) is 0 Å². The lowest BCUT2D eigenvalue weighted by Crippen LogP contribution is -2.20. The van der Waals surface area contributed by atoms with E-state index >= 15 is 0 Å². The fourth-order valence-corrected chi connectivity index (χ4v) is 0.924. The number of hydrogen-bond donors (Lipinski definition) is 2. The average Bonchev–Trinajstić information content (AvgIpc) is 2.09. The standard InChI is InChI=1S/C10H23NO2/c1-10(2)4-9-13-8-3-5-11-6-7-12/h10-12H,3-9H2,1-2H3. The minimum Gasteiger partial charge on any atom is -0.395 e. The number of ether oxygens (including phenoxy) is 1. The van der Waals surface area contributed by atoms with Crippen LogP contribution in [0.25, 0.3) is 0 Å². The Kier molecular flexibility index (Phi) is 9.87. The van der Waals surface area contributed by atoms with Gasteiger partial charge in [0.2, 0.25) is 0 Å². The summed E-state index contributed by atoms with van der Waals surface area (Å²) in [6.07, 6.45) is 2.17. The highest BCUT2D eigenvalue weighted by Crippen LogP contribution is 1.98. The van der Waals surface area contributed by atoms with Crippen LogP contribution in [-0.2, 0) is 4.74 Å². The van der Waals surface area contributed by atoms with Gasteiger partial charge in [-0.05, 0) is 25.3 Å². The molecular weight excluding hydrogens is 166 g/mol. The molecule has 0 amide bonds. The van der Waals surface area contributed by atoms with Crippen molar-refractivity contribution >= 4 is 0 Å². The van der Waals surface area contributed by atoms with Crippen molar-refractivity contribution in [3.05, 3.63) is 0 Å². The second-order valence-corrected chi connectivity index (χ2v) is 3.62. The molecule has 80 valence electrons. The van der Waals surface area contributed by atoms with E-state index in [9.17, 15) is 0 Å². The van der Waals surface area contributed by atoms with Crippen LogP contribution in [0, 0.1) is 5.92 Å². The molecule has 0 unspecified atom stereocenters. The summed E-state index contributed by atoms with van der Waals surface area (Å²) >= 11 is 0. The van der Waals surface area contributed by atoms with E-state index in [1.807, 2.05) is 0 Å². The van der Waals surface area contributed by atoms with Crippen LogP contribution in [0.3, 0.4) is 0 Å². The van der Waals surface area contributed by atoms with Crippen molar-refractivity contribution in [2.75, 3.05) is 32.9 Å². The Morgan fingerprint density at radius 3 is 2.62 bits per heavy atom. The van der Waals surface area contributed by atoms with Crippen molar-refractivity contribution in [2.45, 2.75) is 26.7 Å². The van der Waals surface area contributed by atoms with Crippen LogP contribution < -0.4 is 5.32 Å².